The van der Waals surface area contributed by atoms with Crippen molar-refractivity contribution in [1.29, 1.82) is 5.41 Å². The second-order valence-electron chi connectivity index (χ2n) is 8.10. The van der Waals surface area contributed by atoms with Crippen LogP contribution in [0.5, 0.6) is 0 Å². The predicted octanol–water partition coefficient (Wildman–Crippen LogP) is 3.94. The number of nitrogens with zero attached hydrogens (tertiary/aromatic N) is 5. The third-order valence-corrected chi connectivity index (χ3v) is 6.48. The zero-order valence-corrected chi connectivity index (χ0v) is 20.4. The minimum Gasteiger partial charge on any atom is -0.361 e. The Bertz CT molecular complexity index is 1120. The van der Waals surface area contributed by atoms with Crippen molar-refractivity contribution in [3.63, 3.8) is 0 Å². The third-order valence-electron chi connectivity index (χ3n) is 5.87. The molecule has 0 unspecified atom stereocenters. The van der Waals surface area contributed by atoms with Crippen LogP contribution in [0.4, 0.5) is 15.9 Å². The molecule has 180 valence electrons. The lowest BCUT2D eigenvalue weighted by atomic mass is 10.1. The molecule has 0 spiro atoms. The highest BCUT2D eigenvalue weighted by atomic mass is 79.9. The number of hydrogen-bond donors (Lipinski definition) is 3. The van der Waals surface area contributed by atoms with Gasteiger partial charge in [0.25, 0.3) is 0 Å². The van der Waals surface area contributed by atoms with Gasteiger partial charge in [-0.1, -0.05) is 31.2 Å². The van der Waals surface area contributed by atoms with Crippen LogP contribution < -0.4 is 10.4 Å². The van der Waals surface area contributed by atoms with Crippen molar-refractivity contribution in [2.24, 2.45) is 0 Å². The molecule has 1 aromatic heterocycles. The van der Waals surface area contributed by atoms with Gasteiger partial charge in [-0.25, -0.2) is 14.1 Å². The molecule has 1 fully saturated rings. The maximum absolute atomic E-state index is 13.5. The van der Waals surface area contributed by atoms with E-state index in [9.17, 15) is 9.60 Å². The number of hydroxylamine groups is 1. The fourth-order valence-corrected chi connectivity index (χ4v) is 4.14. The summed E-state index contributed by atoms with van der Waals surface area (Å²) in [6.45, 7) is 9.09. The highest BCUT2D eigenvalue weighted by Crippen LogP contribution is 2.24. The maximum Gasteiger partial charge on any atom is 0.202 e. The van der Waals surface area contributed by atoms with Gasteiger partial charge in [-0.05, 0) is 62.1 Å². The van der Waals surface area contributed by atoms with E-state index >= 15 is 0 Å². The predicted molar refractivity (Wildman–Crippen MR) is 131 cm³/mol. The van der Waals surface area contributed by atoms with Crippen molar-refractivity contribution in [1.82, 2.24) is 20.1 Å². The number of hydrogen-bond acceptors (Lipinski definition) is 8. The molecule has 0 radical (unpaired) electrons. The molecule has 0 atom stereocenters. The Morgan fingerprint density at radius 2 is 1.79 bits per heavy atom. The largest absolute Gasteiger partial charge is 0.361 e. The molecule has 2 aromatic carbocycles. The highest BCUT2D eigenvalue weighted by molar-refractivity contribution is 9.10. The van der Waals surface area contributed by atoms with Crippen LogP contribution in [0.25, 0.3) is 0 Å². The molecule has 3 N–H and O–H groups in total. The van der Waals surface area contributed by atoms with E-state index < -0.39 is 5.82 Å². The average Bonchev–Trinajstić information content (AvgIpc) is 3.33. The van der Waals surface area contributed by atoms with Crippen LogP contribution in [0.15, 0.2) is 51.6 Å². The van der Waals surface area contributed by atoms with E-state index in [0.29, 0.717) is 11.6 Å². The first-order valence-corrected chi connectivity index (χ1v) is 11.9. The SMILES string of the molecule is CCN1CCN(Cc2ccc(CNc3nonc3C(=N)N(O)c3ccc(F)c(Br)c3)cc2)CC1. The molecule has 1 aliphatic rings. The summed E-state index contributed by atoms with van der Waals surface area (Å²) in [5.41, 5.74) is 2.52. The van der Waals surface area contributed by atoms with Gasteiger partial charge in [0.1, 0.15) is 5.82 Å². The van der Waals surface area contributed by atoms with Gasteiger partial charge in [0, 0.05) is 39.3 Å². The Labute approximate surface area is 205 Å². The summed E-state index contributed by atoms with van der Waals surface area (Å²) in [6, 6.07) is 12.2. The second-order valence-corrected chi connectivity index (χ2v) is 8.96. The zero-order chi connectivity index (χ0) is 24.1. The molecule has 0 saturated carbocycles. The van der Waals surface area contributed by atoms with Crippen LogP contribution in [-0.4, -0.2) is 63.9 Å². The fraction of sp³-hybridized carbons (Fsp3) is 0.348. The molecular formula is C23H27BrFN7O2. The smallest absolute Gasteiger partial charge is 0.202 e. The lowest BCUT2D eigenvalue weighted by Crippen LogP contribution is -2.45. The first-order chi connectivity index (χ1) is 16.4. The van der Waals surface area contributed by atoms with Crippen molar-refractivity contribution in [3.8, 4) is 0 Å². The fourth-order valence-electron chi connectivity index (χ4n) is 3.78. The van der Waals surface area contributed by atoms with E-state index in [2.05, 4.69) is 72.5 Å². The summed E-state index contributed by atoms with van der Waals surface area (Å²) in [7, 11) is 0. The van der Waals surface area contributed by atoms with Gasteiger partial charge >= 0.3 is 0 Å². The van der Waals surface area contributed by atoms with Crippen LogP contribution in [0.2, 0.25) is 0 Å². The number of rotatable bonds is 8. The summed E-state index contributed by atoms with van der Waals surface area (Å²) >= 11 is 3.07. The van der Waals surface area contributed by atoms with Crippen molar-refractivity contribution < 1.29 is 14.2 Å². The van der Waals surface area contributed by atoms with E-state index in [-0.39, 0.29) is 27.5 Å². The molecule has 3 aromatic rings. The summed E-state index contributed by atoms with van der Waals surface area (Å²) in [4.78, 5) is 4.94. The maximum atomic E-state index is 13.5. The Morgan fingerprint density at radius 1 is 1.12 bits per heavy atom. The van der Waals surface area contributed by atoms with Gasteiger partial charge in [-0.3, -0.25) is 15.5 Å². The van der Waals surface area contributed by atoms with Gasteiger partial charge in [0.15, 0.2) is 11.5 Å². The number of amidine groups is 1. The second kappa shape index (κ2) is 11.0. The summed E-state index contributed by atoms with van der Waals surface area (Å²) < 4.78 is 18.4. The topological polar surface area (TPSA) is 105 Å². The lowest BCUT2D eigenvalue weighted by Gasteiger charge is -2.34. The van der Waals surface area contributed by atoms with Gasteiger partial charge < -0.3 is 10.2 Å². The van der Waals surface area contributed by atoms with Crippen molar-refractivity contribution >= 4 is 33.3 Å². The van der Waals surface area contributed by atoms with Crippen molar-refractivity contribution in [2.45, 2.75) is 20.0 Å². The van der Waals surface area contributed by atoms with Gasteiger partial charge in [0.2, 0.25) is 5.82 Å². The number of anilines is 2. The van der Waals surface area contributed by atoms with E-state index in [1.165, 1.54) is 23.8 Å². The van der Waals surface area contributed by atoms with Gasteiger partial charge in [0.05, 0.1) is 10.2 Å². The molecule has 1 saturated heterocycles. The molecule has 1 aliphatic heterocycles. The molecule has 2 heterocycles. The number of piperazine rings is 1. The minimum absolute atomic E-state index is 0.0331. The normalized spacial score (nSPS) is 14.8. The van der Waals surface area contributed by atoms with E-state index in [4.69, 9.17) is 10.0 Å². The van der Waals surface area contributed by atoms with Crippen molar-refractivity contribution in [2.75, 3.05) is 43.1 Å². The molecule has 0 aliphatic carbocycles. The Balaban J connectivity index is 1.33. The first kappa shape index (κ1) is 24.3. The average molecular weight is 532 g/mol. The monoisotopic (exact) mass is 531 g/mol. The molecular weight excluding hydrogens is 505 g/mol. The van der Waals surface area contributed by atoms with Gasteiger partial charge in [-0.15, -0.1) is 0 Å². The Morgan fingerprint density at radius 3 is 2.47 bits per heavy atom. The summed E-state index contributed by atoms with van der Waals surface area (Å²) in [6.07, 6.45) is 0. The quantitative estimate of drug-likeness (QED) is 0.228. The summed E-state index contributed by atoms with van der Waals surface area (Å²) in [5, 5.41) is 29.9. The molecule has 34 heavy (non-hydrogen) atoms. The van der Waals surface area contributed by atoms with E-state index in [0.717, 1.165) is 44.8 Å². The van der Waals surface area contributed by atoms with Crippen LogP contribution in [0.3, 0.4) is 0 Å². The third kappa shape index (κ3) is 5.79. The van der Waals surface area contributed by atoms with E-state index in [1.807, 2.05) is 0 Å². The lowest BCUT2D eigenvalue weighted by molar-refractivity contribution is 0.132. The van der Waals surface area contributed by atoms with Crippen LogP contribution in [0.1, 0.15) is 23.7 Å². The van der Waals surface area contributed by atoms with Gasteiger partial charge in [-0.2, -0.15) is 0 Å². The number of likely N-dealkylation sites (N-methyl/N-ethyl adjacent to an activating group) is 1. The first-order valence-electron chi connectivity index (χ1n) is 11.1. The zero-order valence-electron chi connectivity index (χ0n) is 18.8. The molecule has 9 nitrogen and oxygen atoms in total. The minimum atomic E-state index is -0.473. The number of halogens is 2. The molecule has 0 bridgehead atoms. The van der Waals surface area contributed by atoms with Crippen LogP contribution >= 0.6 is 15.9 Å². The van der Waals surface area contributed by atoms with Crippen molar-refractivity contribution in [3.05, 3.63) is 69.6 Å². The number of nitrogens with one attached hydrogen (secondary N) is 2. The van der Waals surface area contributed by atoms with E-state index in [1.54, 1.807) is 0 Å². The highest BCUT2D eigenvalue weighted by Gasteiger charge is 2.22. The molecule has 0 amide bonds. The van der Waals surface area contributed by atoms with Crippen LogP contribution in [-0.2, 0) is 13.1 Å². The number of benzene rings is 2. The Hall–Kier alpha value is -2.86. The molecule has 4 rings (SSSR count). The molecule has 11 heteroatoms. The summed E-state index contributed by atoms with van der Waals surface area (Å²) in [5.74, 6) is -0.608. The van der Waals surface area contributed by atoms with Crippen LogP contribution in [0, 0.1) is 11.2 Å². The number of aromatic nitrogens is 2. The Kier molecular flexibility index (Phi) is 7.88. The standard InChI is InChI=1S/C23H27BrFN7O2/c1-2-30-9-11-31(12-10-30)15-17-5-3-16(4-6-17)14-27-23-21(28-34-29-23)22(26)32(33)18-7-8-20(25)19(24)13-18/h3-8,13,26,33H,2,9-12,14-15H2,1H3,(H,27,29).